The molecule has 0 aliphatic carbocycles. The Kier molecular flexibility index (Phi) is 4.66. The Bertz CT molecular complexity index is 486. The number of hydrogen-bond donors (Lipinski definition) is 1. The number of rotatable bonds is 4. The molecule has 3 nitrogen and oxygen atoms in total. The Labute approximate surface area is 123 Å². The van der Waals surface area contributed by atoms with Gasteiger partial charge >= 0.3 is 5.97 Å². The van der Waals surface area contributed by atoms with E-state index in [2.05, 4.69) is 0 Å². The van der Waals surface area contributed by atoms with Crippen LogP contribution in [0.2, 0.25) is 5.02 Å². The van der Waals surface area contributed by atoms with Crippen molar-refractivity contribution in [3.8, 4) is 0 Å². The average molecular weight is 300 g/mol. The van der Waals surface area contributed by atoms with E-state index >= 15 is 0 Å². The van der Waals surface area contributed by atoms with Crippen molar-refractivity contribution in [3.05, 3.63) is 34.6 Å². The van der Waals surface area contributed by atoms with Gasteiger partial charge in [0.1, 0.15) is 5.82 Å². The van der Waals surface area contributed by atoms with Crippen molar-refractivity contribution in [2.45, 2.75) is 20.4 Å². The zero-order valence-corrected chi connectivity index (χ0v) is 12.4. The summed E-state index contributed by atoms with van der Waals surface area (Å²) >= 11 is 6.02. The Morgan fingerprint density at radius 1 is 1.50 bits per heavy atom. The molecule has 1 heterocycles. The monoisotopic (exact) mass is 299 g/mol. The fourth-order valence-corrected chi connectivity index (χ4v) is 3.11. The summed E-state index contributed by atoms with van der Waals surface area (Å²) in [5.74, 6) is -1.11. The van der Waals surface area contributed by atoms with Gasteiger partial charge in [0, 0.05) is 30.2 Å². The molecule has 0 radical (unpaired) electrons. The third kappa shape index (κ3) is 3.13. The summed E-state index contributed by atoms with van der Waals surface area (Å²) in [6, 6.07) is 4.61. The minimum Gasteiger partial charge on any atom is -0.481 e. The minimum absolute atomic E-state index is 0.0954. The third-order valence-electron chi connectivity index (χ3n) is 4.06. The fraction of sp³-hybridized carbons (Fsp3) is 0.533. The molecule has 2 atom stereocenters. The van der Waals surface area contributed by atoms with E-state index < -0.39 is 5.97 Å². The predicted molar refractivity (Wildman–Crippen MR) is 76.1 cm³/mol. The van der Waals surface area contributed by atoms with E-state index in [1.54, 1.807) is 12.1 Å². The number of nitrogens with zero attached hydrogens (tertiary/aromatic N) is 1. The minimum atomic E-state index is -0.772. The molecular formula is C15H19ClFNO2. The molecule has 1 fully saturated rings. The molecule has 1 N–H and O–H groups in total. The molecule has 110 valence electrons. The summed E-state index contributed by atoms with van der Waals surface area (Å²) in [5, 5.41) is 9.69. The predicted octanol–water partition coefficient (Wildman–Crippen LogP) is 3.27. The van der Waals surface area contributed by atoms with E-state index in [4.69, 9.17) is 11.6 Å². The Morgan fingerprint density at radius 2 is 2.20 bits per heavy atom. The lowest BCUT2D eigenvalue weighted by molar-refractivity contribution is -0.143. The molecule has 1 saturated heterocycles. The van der Waals surface area contributed by atoms with Crippen LogP contribution in [-0.2, 0) is 11.3 Å². The molecule has 1 aromatic rings. The standard InChI is InChI=1S/C15H19ClFNO2/c1-9(2)10-6-18(7-11(10)15(19)20)8-12-13(16)4-3-5-14(12)17/h3-5,9-11H,6-8H2,1-2H3,(H,19,20)/t10-,11+/m0/s1. The Balaban J connectivity index is 2.14. The number of benzene rings is 1. The van der Waals surface area contributed by atoms with Crippen LogP contribution in [0.5, 0.6) is 0 Å². The van der Waals surface area contributed by atoms with Gasteiger partial charge in [-0.25, -0.2) is 4.39 Å². The van der Waals surface area contributed by atoms with Crippen molar-refractivity contribution < 1.29 is 14.3 Å². The van der Waals surface area contributed by atoms with Gasteiger partial charge < -0.3 is 5.11 Å². The highest BCUT2D eigenvalue weighted by Crippen LogP contribution is 2.32. The zero-order valence-electron chi connectivity index (χ0n) is 11.6. The summed E-state index contributed by atoms with van der Waals surface area (Å²) < 4.78 is 13.8. The molecule has 0 spiro atoms. The van der Waals surface area contributed by atoms with E-state index in [1.165, 1.54) is 6.07 Å². The smallest absolute Gasteiger partial charge is 0.308 e. The number of carboxylic acids is 1. The number of carboxylic acid groups (broad SMARTS) is 1. The van der Waals surface area contributed by atoms with Crippen LogP contribution in [-0.4, -0.2) is 29.1 Å². The fourth-order valence-electron chi connectivity index (χ4n) is 2.89. The molecule has 1 aliphatic rings. The summed E-state index contributed by atoms with van der Waals surface area (Å²) in [4.78, 5) is 13.3. The first kappa shape index (κ1) is 15.3. The van der Waals surface area contributed by atoms with Gasteiger partial charge in [0.15, 0.2) is 0 Å². The molecular weight excluding hydrogens is 281 g/mol. The molecule has 0 saturated carbocycles. The summed E-state index contributed by atoms with van der Waals surface area (Å²) in [6.45, 7) is 5.53. The Hall–Kier alpha value is -1.13. The first-order valence-electron chi connectivity index (χ1n) is 6.78. The van der Waals surface area contributed by atoms with Gasteiger partial charge in [-0.3, -0.25) is 9.69 Å². The second kappa shape index (κ2) is 6.10. The lowest BCUT2D eigenvalue weighted by atomic mass is 9.86. The first-order valence-corrected chi connectivity index (χ1v) is 7.16. The third-order valence-corrected chi connectivity index (χ3v) is 4.41. The summed E-state index contributed by atoms with van der Waals surface area (Å²) in [6.07, 6.45) is 0. The quantitative estimate of drug-likeness (QED) is 0.927. The van der Waals surface area contributed by atoms with Crippen molar-refractivity contribution in [1.82, 2.24) is 4.90 Å². The zero-order chi connectivity index (χ0) is 14.9. The molecule has 0 bridgehead atoms. The van der Waals surface area contributed by atoms with E-state index in [0.717, 1.165) is 0 Å². The highest BCUT2D eigenvalue weighted by atomic mass is 35.5. The Morgan fingerprint density at radius 3 is 2.70 bits per heavy atom. The van der Waals surface area contributed by atoms with E-state index in [1.807, 2.05) is 18.7 Å². The highest BCUT2D eigenvalue weighted by Gasteiger charge is 2.39. The van der Waals surface area contributed by atoms with Gasteiger partial charge in [-0.1, -0.05) is 31.5 Å². The van der Waals surface area contributed by atoms with Crippen LogP contribution in [0.3, 0.4) is 0 Å². The van der Waals surface area contributed by atoms with Crippen molar-refractivity contribution in [1.29, 1.82) is 0 Å². The van der Waals surface area contributed by atoms with Gasteiger partial charge in [-0.15, -0.1) is 0 Å². The van der Waals surface area contributed by atoms with Crippen LogP contribution in [0.4, 0.5) is 4.39 Å². The van der Waals surface area contributed by atoms with E-state index in [-0.39, 0.29) is 23.6 Å². The van der Waals surface area contributed by atoms with Crippen LogP contribution in [0.1, 0.15) is 19.4 Å². The van der Waals surface area contributed by atoms with Crippen LogP contribution in [0.25, 0.3) is 0 Å². The second-order valence-electron chi connectivity index (χ2n) is 5.75. The van der Waals surface area contributed by atoms with Gasteiger partial charge in [0.2, 0.25) is 0 Å². The first-order chi connectivity index (χ1) is 9.40. The van der Waals surface area contributed by atoms with Crippen molar-refractivity contribution in [2.75, 3.05) is 13.1 Å². The molecule has 0 unspecified atom stereocenters. The van der Waals surface area contributed by atoms with Gasteiger partial charge in [0.25, 0.3) is 0 Å². The van der Waals surface area contributed by atoms with Crippen LogP contribution in [0.15, 0.2) is 18.2 Å². The number of carbonyl (C=O) groups is 1. The average Bonchev–Trinajstić information content (AvgIpc) is 2.78. The number of likely N-dealkylation sites (tertiary alicyclic amines) is 1. The molecule has 20 heavy (non-hydrogen) atoms. The van der Waals surface area contributed by atoms with Crippen molar-refractivity contribution in [2.24, 2.45) is 17.8 Å². The lowest BCUT2D eigenvalue weighted by Gasteiger charge is -2.19. The van der Waals surface area contributed by atoms with Gasteiger partial charge in [0.05, 0.1) is 5.92 Å². The van der Waals surface area contributed by atoms with E-state index in [9.17, 15) is 14.3 Å². The highest BCUT2D eigenvalue weighted by molar-refractivity contribution is 6.31. The van der Waals surface area contributed by atoms with Gasteiger partial charge in [-0.05, 0) is 24.0 Å². The summed E-state index contributed by atoms with van der Waals surface area (Å²) in [5.41, 5.74) is 0.447. The van der Waals surface area contributed by atoms with Gasteiger partial charge in [-0.2, -0.15) is 0 Å². The maximum Gasteiger partial charge on any atom is 0.308 e. The molecule has 5 heteroatoms. The molecule has 2 rings (SSSR count). The molecule has 0 amide bonds. The van der Waals surface area contributed by atoms with Crippen LogP contribution < -0.4 is 0 Å². The van der Waals surface area contributed by atoms with E-state index in [0.29, 0.717) is 30.2 Å². The second-order valence-corrected chi connectivity index (χ2v) is 6.15. The number of aliphatic carboxylic acids is 1. The van der Waals surface area contributed by atoms with Crippen LogP contribution in [0, 0.1) is 23.6 Å². The number of hydrogen-bond acceptors (Lipinski definition) is 2. The largest absolute Gasteiger partial charge is 0.481 e. The van der Waals surface area contributed by atoms with Crippen molar-refractivity contribution in [3.63, 3.8) is 0 Å². The topological polar surface area (TPSA) is 40.5 Å². The summed E-state index contributed by atoms with van der Waals surface area (Å²) in [7, 11) is 0. The van der Waals surface area contributed by atoms with Crippen molar-refractivity contribution >= 4 is 17.6 Å². The molecule has 1 aliphatic heterocycles. The van der Waals surface area contributed by atoms with Crippen LogP contribution >= 0.6 is 11.6 Å². The maximum absolute atomic E-state index is 13.8. The number of halogens is 2. The lowest BCUT2D eigenvalue weighted by Crippen LogP contribution is -2.25. The SMILES string of the molecule is CC(C)[C@@H]1CN(Cc2c(F)cccc2Cl)C[C@H]1C(=O)O. The molecule has 0 aromatic heterocycles. The normalized spacial score (nSPS) is 23.4. The molecule has 1 aromatic carbocycles. The maximum atomic E-state index is 13.8.